The van der Waals surface area contributed by atoms with Gasteiger partial charge in [-0.3, -0.25) is 10.1 Å². The molecule has 2 aromatic carbocycles. The number of carbonyl (C=O) groups is 2. The van der Waals surface area contributed by atoms with Crippen LogP contribution in [0.2, 0.25) is 0 Å². The summed E-state index contributed by atoms with van der Waals surface area (Å²) in [6.45, 7) is 4.40. The molecule has 0 aliphatic heterocycles. The van der Waals surface area contributed by atoms with Crippen LogP contribution in [0, 0.1) is 0 Å². The zero-order chi connectivity index (χ0) is 21.5. The summed E-state index contributed by atoms with van der Waals surface area (Å²) < 4.78 is 0. The third-order valence-corrected chi connectivity index (χ3v) is 6.35. The molecule has 1 aromatic heterocycles. The molecule has 0 saturated heterocycles. The summed E-state index contributed by atoms with van der Waals surface area (Å²) in [6, 6.07) is 20.6. The maximum Gasteiger partial charge on any atom is 0.319 e. The van der Waals surface area contributed by atoms with Crippen LogP contribution in [0.15, 0.2) is 72.1 Å². The van der Waals surface area contributed by atoms with Crippen LogP contribution < -0.4 is 16.4 Å². The molecular formula is C24H28N3O2S+. The quantitative estimate of drug-likeness (QED) is 0.515. The summed E-state index contributed by atoms with van der Waals surface area (Å²) in [7, 11) is 0. The van der Waals surface area contributed by atoms with Crippen molar-refractivity contribution < 1.29 is 14.9 Å². The Hall–Kier alpha value is -2.96. The second kappa shape index (κ2) is 10.2. The fraction of sp³-hybridized carbons (Fsp3) is 0.250. The van der Waals surface area contributed by atoms with Gasteiger partial charge >= 0.3 is 6.03 Å². The van der Waals surface area contributed by atoms with E-state index in [4.69, 9.17) is 5.73 Å². The molecule has 0 radical (unpaired) electrons. The second-order valence-corrected chi connectivity index (χ2v) is 8.38. The summed E-state index contributed by atoms with van der Waals surface area (Å²) in [5, 5.41) is 6.28. The van der Waals surface area contributed by atoms with E-state index >= 15 is 0 Å². The number of nitrogens with one attached hydrogen (secondary N) is 1. The number of hydrogen-bond acceptors (Lipinski definition) is 3. The molecule has 0 aliphatic rings. The molecular weight excluding hydrogens is 394 g/mol. The van der Waals surface area contributed by atoms with Crippen LogP contribution in [-0.2, 0) is 4.79 Å². The van der Waals surface area contributed by atoms with E-state index in [0.717, 1.165) is 22.4 Å². The molecule has 0 spiro atoms. The lowest BCUT2D eigenvalue weighted by atomic mass is 9.95. The van der Waals surface area contributed by atoms with Gasteiger partial charge in [0.05, 0.1) is 4.88 Å². The van der Waals surface area contributed by atoms with Crippen LogP contribution in [0.4, 0.5) is 4.79 Å². The van der Waals surface area contributed by atoms with Crippen LogP contribution >= 0.6 is 11.3 Å². The zero-order valence-corrected chi connectivity index (χ0v) is 18.1. The highest BCUT2D eigenvalue weighted by atomic mass is 32.1. The smallest absolute Gasteiger partial charge is 0.319 e. The molecule has 5 N–H and O–H groups in total. The second-order valence-electron chi connectivity index (χ2n) is 7.40. The average Bonchev–Trinajstić information content (AvgIpc) is 3.28. The molecule has 3 amide bonds. The number of benzene rings is 2. The van der Waals surface area contributed by atoms with Gasteiger partial charge in [-0.25, -0.2) is 4.79 Å². The van der Waals surface area contributed by atoms with Crippen molar-refractivity contribution in [3.63, 3.8) is 0 Å². The number of rotatable bonds is 8. The standard InChI is InChI=1S/C24H27N3O2S/c1-3-16(2)17-11-13-19(14-12-17)21(20-10-7-15-30-20)26-22(23(28)27-24(25)29)18-8-5-4-6-9-18/h4-16,21-22,26H,3H2,1-2H3,(H3,25,27,28,29)/p+1/t16-,21+,22-/m0/s1. The van der Waals surface area contributed by atoms with Gasteiger partial charge in [0.1, 0.15) is 6.04 Å². The molecule has 0 fully saturated rings. The summed E-state index contributed by atoms with van der Waals surface area (Å²) in [6.07, 6.45) is 1.09. The number of imide groups is 1. The third kappa shape index (κ3) is 5.34. The molecule has 3 atom stereocenters. The zero-order valence-electron chi connectivity index (χ0n) is 17.2. The van der Waals surface area contributed by atoms with Crippen LogP contribution in [0.5, 0.6) is 0 Å². The number of quaternary nitrogens is 1. The van der Waals surface area contributed by atoms with Crippen molar-refractivity contribution in [3.8, 4) is 0 Å². The van der Waals surface area contributed by atoms with Crippen LogP contribution in [0.1, 0.15) is 59.8 Å². The molecule has 1 heterocycles. The first-order chi connectivity index (χ1) is 14.5. The Balaban J connectivity index is 1.96. The minimum absolute atomic E-state index is 0.0835. The Morgan fingerprint density at radius 3 is 2.20 bits per heavy atom. The van der Waals surface area contributed by atoms with Crippen LogP contribution in [0.3, 0.4) is 0 Å². The highest BCUT2D eigenvalue weighted by Crippen LogP contribution is 2.26. The fourth-order valence-electron chi connectivity index (χ4n) is 3.51. The first-order valence-corrected chi connectivity index (χ1v) is 11.0. The largest absolute Gasteiger partial charge is 0.351 e. The number of hydrogen-bond donors (Lipinski definition) is 3. The molecule has 3 rings (SSSR count). The van der Waals surface area contributed by atoms with Crippen LogP contribution in [-0.4, -0.2) is 11.9 Å². The Morgan fingerprint density at radius 1 is 0.967 bits per heavy atom. The first-order valence-electron chi connectivity index (χ1n) is 10.1. The van der Waals surface area contributed by atoms with Crippen molar-refractivity contribution in [1.82, 2.24) is 5.32 Å². The number of urea groups is 1. The lowest BCUT2D eigenvalue weighted by molar-refractivity contribution is -0.713. The van der Waals surface area contributed by atoms with E-state index in [1.165, 1.54) is 5.56 Å². The molecule has 3 aromatic rings. The van der Waals surface area contributed by atoms with Crippen molar-refractivity contribution in [3.05, 3.63) is 93.7 Å². The van der Waals surface area contributed by atoms with E-state index in [9.17, 15) is 9.59 Å². The van der Waals surface area contributed by atoms with Gasteiger partial charge in [0, 0.05) is 11.1 Å². The predicted octanol–water partition coefficient (Wildman–Crippen LogP) is 3.85. The van der Waals surface area contributed by atoms with E-state index in [-0.39, 0.29) is 6.04 Å². The van der Waals surface area contributed by atoms with E-state index in [2.05, 4.69) is 49.5 Å². The highest BCUT2D eigenvalue weighted by molar-refractivity contribution is 7.10. The van der Waals surface area contributed by atoms with Crippen molar-refractivity contribution >= 4 is 23.3 Å². The summed E-state index contributed by atoms with van der Waals surface area (Å²) in [5.41, 5.74) is 8.45. The van der Waals surface area contributed by atoms with Crippen molar-refractivity contribution in [2.45, 2.75) is 38.3 Å². The van der Waals surface area contributed by atoms with Crippen molar-refractivity contribution in [2.75, 3.05) is 0 Å². The van der Waals surface area contributed by atoms with Gasteiger partial charge in [0.25, 0.3) is 5.91 Å². The Morgan fingerprint density at radius 2 is 1.63 bits per heavy atom. The highest BCUT2D eigenvalue weighted by Gasteiger charge is 2.31. The fourth-order valence-corrected chi connectivity index (χ4v) is 4.34. The SMILES string of the molecule is CC[C@H](C)c1ccc([C@@H]([NH2+][C@H](C(=O)NC(N)=O)c2ccccc2)c2cccs2)cc1. The summed E-state index contributed by atoms with van der Waals surface area (Å²) in [5.74, 6) is 0.0770. The monoisotopic (exact) mass is 422 g/mol. The predicted molar refractivity (Wildman–Crippen MR) is 120 cm³/mol. The molecule has 0 bridgehead atoms. The molecule has 5 nitrogen and oxygen atoms in total. The van der Waals surface area contributed by atoms with Crippen molar-refractivity contribution in [2.24, 2.45) is 5.73 Å². The van der Waals surface area contributed by atoms with Gasteiger partial charge < -0.3 is 11.1 Å². The van der Waals surface area contributed by atoms with E-state index in [1.54, 1.807) is 11.3 Å². The third-order valence-electron chi connectivity index (χ3n) is 5.40. The topological polar surface area (TPSA) is 88.8 Å². The van der Waals surface area contributed by atoms with Gasteiger partial charge in [0.2, 0.25) is 0 Å². The molecule has 0 aliphatic carbocycles. The maximum atomic E-state index is 12.8. The maximum absolute atomic E-state index is 12.8. The minimum Gasteiger partial charge on any atom is -0.351 e. The van der Waals surface area contributed by atoms with E-state index < -0.39 is 18.0 Å². The normalized spacial score (nSPS) is 13.9. The Kier molecular flexibility index (Phi) is 7.38. The molecule has 0 unspecified atom stereocenters. The first kappa shape index (κ1) is 21.7. The summed E-state index contributed by atoms with van der Waals surface area (Å²) >= 11 is 1.65. The van der Waals surface area contributed by atoms with Gasteiger partial charge in [0.15, 0.2) is 6.04 Å². The van der Waals surface area contributed by atoms with Crippen molar-refractivity contribution in [1.29, 1.82) is 0 Å². The van der Waals surface area contributed by atoms with E-state index in [0.29, 0.717) is 5.92 Å². The molecule has 0 saturated carbocycles. The Labute approximate surface area is 181 Å². The van der Waals surface area contributed by atoms with Gasteiger partial charge in [-0.15, -0.1) is 11.3 Å². The number of amides is 3. The molecule has 6 heteroatoms. The van der Waals surface area contributed by atoms with Gasteiger partial charge in [-0.1, -0.05) is 74.5 Å². The average molecular weight is 423 g/mol. The van der Waals surface area contributed by atoms with Gasteiger partial charge in [-0.2, -0.15) is 0 Å². The van der Waals surface area contributed by atoms with Crippen LogP contribution in [0.25, 0.3) is 0 Å². The van der Waals surface area contributed by atoms with E-state index in [1.807, 2.05) is 47.1 Å². The number of primary amides is 1. The molecule has 30 heavy (non-hydrogen) atoms. The Bertz CT molecular complexity index is 956. The lowest BCUT2D eigenvalue weighted by Gasteiger charge is -2.22. The number of nitrogens with two attached hydrogens (primary N) is 2. The lowest BCUT2D eigenvalue weighted by Crippen LogP contribution is -2.88. The van der Waals surface area contributed by atoms with Gasteiger partial charge in [-0.05, 0) is 29.3 Å². The summed E-state index contributed by atoms with van der Waals surface area (Å²) in [4.78, 5) is 25.3. The number of carbonyl (C=O) groups excluding carboxylic acids is 2. The number of thiophene rings is 1. The molecule has 156 valence electrons. The minimum atomic E-state index is -0.847.